The molecule has 0 amide bonds. The van der Waals surface area contributed by atoms with Crippen LogP contribution >= 0.6 is 0 Å². The summed E-state index contributed by atoms with van der Waals surface area (Å²) in [6.07, 6.45) is 1.73. The van der Waals surface area contributed by atoms with Crippen molar-refractivity contribution >= 4 is 16.7 Å². The molecular weight excluding hydrogens is 230 g/mol. The molecule has 1 aromatic heterocycles. The summed E-state index contributed by atoms with van der Waals surface area (Å²) in [4.78, 5) is 6.70. The molecule has 0 aliphatic carbocycles. The molecule has 1 aliphatic rings. The molecule has 1 N–H and O–H groups in total. The van der Waals surface area contributed by atoms with E-state index < -0.39 is 0 Å². The van der Waals surface area contributed by atoms with Crippen LogP contribution in [0.2, 0.25) is 0 Å². The van der Waals surface area contributed by atoms with Gasteiger partial charge in [-0.05, 0) is 12.1 Å². The first-order valence-electron chi connectivity index (χ1n) is 6.17. The van der Waals surface area contributed by atoms with Gasteiger partial charge in [0.1, 0.15) is 5.52 Å². The molecule has 2 aromatic rings. The summed E-state index contributed by atoms with van der Waals surface area (Å²) in [7, 11) is 1.99. The molecule has 3 rings (SSSR count). The molecule has 0 radical (unpaired) electrons. The predicted octanol–water partition coefficient (Wildman–Crippen LogP) is 0.771. The van der Waals surface area contributed by atoms with Crippen molar-refractivity contribution < 1.29 is 9.84 Å². The number of ether oxygens (including phenoxy) is 1. The molecule has 1 aliphatic heterocycles. The smallest absolute Gasteiger partial charge is 0.112 e. The molecule has 96 valence electrons. The second-order valence-electron chi connectivity index (χ2n) is 4.62. The number of hydrogen-bond acceptors (Lipinski definition) is 4. The summed E-state index contributed by atoms with van der Waals surface area (Å²) < 4.78 is 7.50. The number of para-hydroxylation sites is 1. The number of aliphatic hydroxyl groups is 1. The molecule has 1 fully saturated rings. The van der Waals surface area contributed by atoms with Gasteiger partial charge >= 0.3 is 0 Å². The van der Waals surface area contributed by atoms with Crippen molar-refractivity contribution in [3.63, 3.8) is 0 Å². The SMILES string of the molecule is Cn1cnc2c(N3CCO[C@@H](CO)C3)cccc21. The molecular formula is C13H17N3O2. The number of benzene rings is 1. The molecule has 1 aromatic carbocycles. The van der Waals surface area contributed by atoms with Gasteiger partial charge in [-0.3, -0.25) is 0 Å². The van der Waals surface area contributed by atoms with Crippen LogP contribution in [-0.2, 0) is 11.8 Å². The summed E-state index contributed by atoms with van der Waals surface area (Å²) in [6.45, 7) is 2.27. The van der Waals surface area contributed by atoms with Crippen molar-refractivity contribution in [2.45, 2.75) is 6.10 Å². The van der Waals surface area contributed by atoms with E-state index in [1.54, 1.807) is 0 Å². The van der Waals surface area contributed by atoms with Crippen LogP contribution < -0.4 is 4.90 Å². The fourth-order valence-corrected chi connectivity index (χ4v) is 2.45. The molecule has 0 bridgehead atoms. The molecule has 0 spiro atoms. The number of nitrogens with zero attached hydrogens (tertiary/aromatic N) is 3. The highest BCUT2D eigenvalue weighted by atomic mass is 16.5. The molecule has 5 nitrogen and oxygen atoms in total. The van der Waals surface area contributed by atoms with Gasteiger partial charge in [-0.15, -0.1) is 0 Å². The second kappa shape index (κ2) is 4.59. The van der Waals surface area contributed by atoms with E-state index in [-0.39, 0.29) is 12.7 Å². The zero-order chi connectivity index (χ0) is 12.5. The Kier molecular flexibility index (Phi) is 2.93. The number of imidazole rings is 1. The minimum absolute atomic E-state index is 0.0642. The summed E-state index contributed by atoms with van der Waals surface area (Å²) in [5.74, 6) is 0. The maximum Gasteiger partial charge on any atom is 0.112 e. The fraction of sp³-hybridized carbons (Fsp3) is 0.462. The van der Waals surface area contributed by atoms with Gasteiger partial charge in [-0.1, -0.05) is 6.07 Å². The van der Waals surface area contributed by atoms with E-state index in [2.05, 4.69) is 22.0 Å². The van der Waals surface area contributed by atoms with E-state index >= 15 is 0 Å². The quantitative estimate of drug-likeness (QED) is 0.851. The van der Waals surface area contributed by atoms with Crippen LogP contribution in [0.4, 0.5) is 5.69 Å². The van der Waals surface area contributed by atoms with Gasteiger partial charge in [0.05, 0.1) is 36.8 Å². The van der Waals surface area contributed by atoms with Crippen molar-refractivity contribution in [3.05, 3.63) is 24.5 Å². The number of fused-ring (bicyclic) bond motifs is 1. The molecule has 0 unspecified atom stereocenters. The third kappa shape index (κ3) is 1.85. The van der Waals surface area contributed by atoms with Crippen LogP contribution in [0.25, 0.3) is 11.0 Å². The Hall–Kier alpha value is -1.59. The highest BCUT2D eigenvalue weighted by Crippen LogP contribution is 2.26. The Balaban J connectivity index is 1.98. The van der Waals surface area contributed by atoms with Crippen molar-refractivity contribution in [2.75, 3.05) is 31.2 Å². The monoisotopic (exact) mass is 247 g/mol. The minimum atomic E-state index is -0.0993. The highest BCUT2D eigenvalue weighted by molar-refractivity contribution is 5.89. The lowest BCUT2D eigenvalue weighted by atomic mass is 10.2. The van der Waals surface area contributed by atoms with E-state index in [1.165, 1.54) is 0 Å². The number of aliphatic hydroxyl groups excluding tert-OH is 1. The van der Waals surface area contributed by atoms with Gasteiger partial charge < -0.3 is 19.3 Å². The Morgan fingerprint density at radius 1 is 1.50 bits per heavy atom. The Morgan fingerprint density at radius 2 is 2.39 bits per heavy atom. The molecule has 18 heavy (non-hydrogen) atoms. The third-order valence-electron chi connectivity index (χ3n) is 3.42. The topological polar surface area (TPSA) is 50.5 Å². The van der Waals surface area contributed by atoms with Crippen LogP contribution in [0.5, 0.6) is 0 Å². The van der Waals surface area contributed by atoms with Crippen LogP contribution in [0.15, 0.2) is 24.5 Å². The van der Waals surface area contributed by atoms with Gasteiger partial charge in [-0.25, -0.2) is 4.98 Å². The van der Waals surface area contributed by atoms with Crippen LogP contribution in [0.1, 0.15) is 0 Å². The van der Waals surface area contributed by atoms with E-state index in [0.717, 1.165) is 23.3 Å². The predicted molar refractivity (Wildman–Crippen MR) is 69.8 cm³/mol. The maximum absolute atomic E-state index is 9.20. The lowest BCUT2D eigenvalue weighted by Crippen LogP contribution is -2.44. The molecule has 1 saturated heterocycles. The lowest BCUT2D eigenvalue weighted by molar-refractivity contribution is 0.00363. The number of hydrogen-bond donors (Lipinski definition) is 1. The first-order valence-corrected chi connectivity index (χ1v) is 6.17. The summed E-state index contributed by atoms with van der Waals surface area (Å²) in [5, 5.41) is 9.20. The van der Waals surface area contributed by atoms with Crippen LogP contribution in [-0.4, -0.2) is 47.1 Å². The summed E-state index contributed by atoms with van der Waals surface area (Å²) >= 11 is 0. The standard InChI is InChI=1S/C13H17N3O2/c1-15-9-14-13-11(15)3-2-4-12(13)16-5-6-18-10(7-16)8-17/h2-4,9-10,17H,5-8H2,1H3/t10-/m1/s1. The Morgan fingerprint density at radius 3 is 3.22 bits per heavy atom. The van der Waals surface area contributed by atoms with E-state index in [1.807, 2.05) is 24.0 Å². The fourth-order valence-electron chi connectivity index (χ4n) is 2.45. The maximum atomic E-state index is 9.20. The van der Waals surface area contributed by atoms with Crippen LogP contribution in [0.3, 0.4) is 0 Å². The number of aryl methyl sites for hydroxylation is 1. The van der Waals surface area contributed by atoms with Crippen LogP contribution in [0, 0.1) is 0 Å². The number of aromatic nitrogens is 2. The van der Waals surface area contributed by atoms with E-state index in [4.69, 9.17) is 4.74 Å². The molecule has 0 saturated carbocycles. The van der Waals surface area contributed by atoms with Gasteiger partial charge in [-0.2, -0.15) is 0 Å². The first kappa shape index (κ1) is 11.5. The van der Waals surface area contributed by atoms with Gasteiger partial charge in [0.15, 0.2) is 0 Å². The zero-order valence-corrected chi connectivity index (χ0v) is 10.4. The van der Waals surface area contributed by atoms with Gasteiger partial charge in [0, 0.05) is 20.1 Å². The van der Waals surface area contributed by atoms with E-state index in [0.29, 0.717) is 13.2 Å². The van der Waals surface area contributed by atoms with Crippen molar-refractivity contribution in [1.29, 1.82) is 0 Å². The van der Waals surface area contributed by atoms with Crippen molar-refractivity contribution in [3.8, 4) is 0 Å². The highest BCUT2D eigenvalue weighted by Gasteiger charge is 2.21. The Bertz CT molecular complexity index is 552. The number of anilines is 1. The zero-order valence-electron chi connectivity index (χ0n) is 10.4. The summed E-state index contributed by atoms with van der Waals surface area (Å²) in [5.41, 5.74) is 3.26. The molecule has 2 heterocycles. The summed E-state index contributed by atoms with van der Waals surface area (Å²) in [6, 6.07) is 6.19. The first-order chi connectivity index (χ1) is 8.79. The third-order valence-corrected chi connectivity index (χ3v) is 3.42. The van der Waals surface area contributed by atoms with Gasteiger partial charge in [0.2, 0.25) is 0 Å². The van der Waals surface area contributed by atoms with Crippen molar-refractivity contribution in [1.82, 2.24) is 9.55 Å². The second-order valence-corrected chi connectivity index (χ2v) is 4.62. The lowest BCUT2D eigenvalue weighted by Gasteiger charge is -2.33. The largest absolute Gasteiger partial charge is 0.394 e. The number of rotatable bonds is 2. The Labute approximate surface area is 106 Å². The van der Waals surface area contributed by atoms with Gasteiger partial charge in [0.25, 0.3) is 0 Å². The average Bonchev–Trinajstić information content (AvgIpc) is 2.81. The number of morpholine rings is 1. The minimum Gasteiger partial charge on any atom is -0.394 e. The van der Waals surface area contributed by atoms with Crippen molar-refractivity contribution in [2.24, 2.45) is 7.05 Å². The molecule has 5 heteroatoms. The normalized spacial score (nSPS) is 20.6. The molecule has 1 atom stereocenters. The average molecular weight is 247 g/mol. The van der Waals surface area contributed by atoms with E-state index in [9.17, 15) is 5.11 Å².